The van der Waals surface area contributed by atoms with Gasteiger partial charge in [-0.15, -0.1) is 0 Å². The summed E-state index contributed by atoms with van der Waals surface area (Å²) < 4.78 is 18.4. The number of anilines is 1. The minimum Gasteiger partial charge on any atom is -0.376 e. The van der Waals surface area contributed by atoms with Gasteiger partial charge in [-0.3, -0.25) is 4.79 Å². The molecule has 2 heterocycles. The Balaban J connectivity index is 1.50. The first-order valence-electron chi connectivity index (χ1n) is 7.86. The molecule has 0 radical (unpaired) electrons. The Morgan fingerprint density at radius 3 is 2.78 bits per heavy atom. The lowest BCUT2D eigenvalue weighted by Crippen LogP contribution is -2.47. The summed E-state index contributed by atoms with van der Waals surface area (Å²) in [5, 5.41) is 5.43. The van der Waals surface area contributed by atoms with E-state index in [0.717, 1.165) is 19.4 Å². The molecular formula is C16H20FN3O3. The van der Waals surface area contributed by atoms with E-state index in [0.29, 0.717) is 25.2 Å². The molecular weight excluding hydrogens is 301 g/mol. The third kappa shape index (κ3) is 3.79. The maximum Gasteiger partial charge on any atom is 0.315 e. The summed E-state index contributed by atoms with van der Waals surface area (Å²) in [6.45, 7) is 1.69. The number of carbonyl (C=O) groups excluding carboxylic acids is 2. The van der Waals surface area contributed by atoms with Crippen LogP contribution in [0.4, 0.5) is 14.9 Å². The molecule has 3 amide bonds. The van der Waals surface area contributed by atoms with Crippen molar-refractivity contribution in [2.75, 3.05) is 24.6 Å². The van der Waals surface area contributed by atoms with E-state index in [2.05, 4.69) is 10.6 Å². The molecule has 0 aromatic heterocycles. The van der Waals surface area contributed by atoms with E-state index in [1.165, 1.54) is 12.1 Å². The zero-order valence-corrected chi connectivity index (χ0v) is 12.8. The van der Waals surface area contributed by atoms with Crippen LogP contribution in [0.3, 0.4) is 0 Å². The first-order chi connectivity index (χ1) is 11.1. The molecule has 0 unspecified atom stereocenters. The normalized spacial score (nSPS) is 24.0. The Hall–Kier alpha value is -2.15. The number of hydrogen-bond donors (Lipinski definition) is 2. The number of hydrogen-bond acceptors (Lipinski definition) is 3. The van der Waals surface area contributed by atoms with Gasteiger partial charge in [0, 0.05) is 25.4 Å². The Morgan fingerprint density at radius 2 is 2.09 bits per heavy atom. The highest BCUT2D eigenvalue weighted by atomic mass is 19.1. The van der Waals surface area contributed by atoms with Crippen molar-refractivity contribution in [1.29, 1.82) is 0 Å². The number of ether oxygens (including phenoxy) is 1. The summed E-state index contributed by atoms with van der Waals surface area (Å²) in [6.07, 6.45) is 2.56. The minimum atomic E-state index is -0.551. The second-order valence-corrected chi connectivity index (χ2v) is 5.80. The van der Waals surface area contributed by atoms with Gasteiger partial charge in [0.25, 0.3) is 0 Å². The van der Waals surface area contributed by atoms with Crippen LogP contribution in [0.1, 0.15) is 19.3 Å². The molecule has 0 bridgehead atoms. The summed E-state index contributed by atoms with van der Waals surface area (Å²) in [7, 11) is 0. The maximum absolute atomic E-state index is 13.0. The molecule has 23 heavy (non-hydrogen) atoms. The second-order valence-electron chi connectivity index (χ2n) is 5.80. The fraction of sp³-hybridized carbons (Fsp3) is 0.500. The molecule has 3 rings (SSSR count). The fourth-order valence-electron chi connectivity index (χ4n) is 2.91. The van der Waals surface area contributed by atoms with Gasteiger partial charge >= 0.3 is 6.03 Å². The average molecular weight is 321 g/mol. The van der Waals surface area contributed by atoms with Gasteiger partial charge in [0.15, 0.2) is 0 Å². The summed E-state index contributed by atoms with van der Waals surface area (Å²) in [6, 6.07) is 4.85. The number of benzene rings is 1. The van der Waals surface area contributed by atoms with Crippen LogP contribution in [0.25, 0.3) is 0 Å². The molecule has 0 saturated carbocycles. The minimum absolute atomic E-state index is 0.0655. The van der Waals surface area contributed by atoms with Gasteiger partial charge in [-0.25, -0.2) is 9.18 Å². The standard InChI is InChI=1S/C16H20FN3O3/c17-11-3-5-12(6-4-11)20-8-7-14(15(20)21)19-16(22)18-10-13-2-1-9-23-13/h3-6,13-14H,1-2,7-10H2,(H2,18,19,22)/t13-,14-/m1/s1. The van der Waals surface area contributed by atoms with E-state index in [1.807, 2.05) is 0 Å². The van der Waals surface area contributed by atoms with E-state index in [9.17, 15) is 14.0 Å². The van der Waals surface area contributed by atoms with Crippen molar-refractivity contribution in [2.45, 2.75) is 31.4 Å². The van der Waals surface area contributed by atoms with E-state index in [4.69, 9.17) is 4.74 Å². The second kappa shape index (κ2) is 6.95. The SMILES string of the molecule is O=C(NC[C@H]1CCCO1)N[C@@H]1CCN(c2ccc(F)cc2)C1=O. The van der Waals surface area contributed by atoms with Gasteiger partial charge in [-0.05, 0) is 43.5 Å². The van der Waals surface area contributed by atoms with E-state index >= 15 is 0 Å². The number of urea groups is 1. The molecule has 0 aliphatic carbocycles. The van der Waals surface area contributed by atoms with Crippen molar-refractivity contribution < 1.29 is 18.7 Å². The predicted molar refractivity (Wildman–Crippen MR) is 82.7 cm³/mol. The number of nitrogens with one attached hydrogen (secondary N) is 2. The molecule has 2 aliphatic rings. The molecule has 124 valence electrons. The molecule has 2 aliphatic heterocycles. The van der Waals surface area contributed by atoms with Gasteiger partial charge in [0.2, 0.25) is 5.91 Å². The van der Waals surface area contributed by atoms with Crippen LogP contribution in [0, 0.1) is 5.82 Å². The Kier molecular flexibility index (Phi) is 4.76. The fourth-order valence-corrected chi connectivity index (χ4v) is 2.91. The molecule has 2 atom stereocenters. The van der Waals surface area contributed by atoms with Crippen molar-refractivity contribution in [3.63, 3.8) is 0 Å². The third-order valence-corrected chi connectivity index (χ3v) is 4.16. The lowest BCUT2D eigenvalue weighted by Gasteiger charge is -2.18. The first-order valence-corrected chi connectivity index (χ1v) is 7.86. The zero-order chi connectivity index (χ0) is 16.2. The lowest BCUT2D eigenvalue weighted by molar-refractivity contribution is -0.118. The number of nitrogens with zero attached hydrogens (tertiary/aromatic N) is 1. The number of carbonyl (C=O) groups is 2. The molecule has 7 heteroatoms. The zero-order valence-electron chi connectivity index (χ0n) is 12.8. The van der Waals surface area contributed by atoms with Crippen LogP contribution in [-0.2, 0) is 9.53 Å². The molecule has 2 N–H and O–H groups in total. The summed E-state index contributed by atoms with van der Waals surface area (Å²) in [4.78, 5) is 25.8. The van der Waals surface area contributed by atoms with E-state index in [-0.39, 0.29) is 23.9 Å². The van der Waals surface area contributed by atoms with Gasteiger partial charge in [-0.2, -0.15) is 0 Å². The van der Waals surface area contributed by atoms with Crippen LogP contribution in [0.15, 0.2) is 24.3 Å². The number of amides is 3. The lowest BCUT2D eigenvalue weighted by atomic mass is 10.2. The van der Waals surface area contributed by atoms with Crippen molar-refractivity contribution in [3.05, 3.63) is 30.1 Å². The van der Waals surface area contributed by atoms with Gasteiger partial charge in [0.05, 0.1) is 6.10 Å². The van der Waals surface area contributed by atoms with Crippen LogP contribution in [0.5, 0.6) is 0 Å². The topological polar surface area (TPSA) is 70.7 Å². The highest BCUT2D eigenvalue weighted by molar-refractivity contribution is 6.01. The number of halogens is 1. The summed E-state index contributed by atoms with van der Waals surface area (Å²) >= 11 is 0. The van der Waals surface area contributed by atoms with E-state index in [1.54, 1.807) is 17.0 Å². The maximum atomic E-state index is 13.0. The van der Waals surface area contributed by atoms with Crippen molar-refractivity contribution in [1.82, 2.24) is 10.6 Å². The molecule has 6 nitrogen and oxygen atoms in total. The van der Waals surface area contributed by atoms with Crippen LogP contribution < -0.4 is 15.5 Å². The quantitative estimate of drug-likeness (QED) is 0.881. The first kappa shape index (κ1) is 15.7. The average Bonchev–Trinajstić information content (AvgIpc) is 3.18. The highest BCUT2D eigenvalue weighted by Crippen LogP contribution is 2.21. The van der Waals surface area contributed by atoms with Gasteiger partial charge in [0.1, 0.15) is 11.9 Å². The van der Waals surface area contributed by atoms with Crippen molar-refractivity contribution >= 4 is 17.6 Å². The Morgan fingerprint density at radius 1 is 1.30 bits per heavy atom. The largest absolute Gasteiger partial charge is 0.376 e. The monoisotopic (exact) mass is 321 g/mol. The van der Waals surface area contributed by atoms with Crippen LogP contribution in [-0.4, -0.2) is 43.8 Å². The molecule has 1 aromatic carbocycles. The predicted octanol–water partition coefficient (Wildman–Crippen LogP) is 1.41. The van der Waals surface area contributed by atoms with Crippen molar-refractivity contribution in [3.8, 4) is 0 Å². The summed E-state index contributed by atoms with van der Waals surface area (Å²) in [5.41, 5.74) is 0.639. The van der Waals surface area contributed by atoms with Crippen molar-refractivity contribution in [2.24, 2.45) is 0 Å². The van der Waals surface area contributed by atoms with Gasteiger partial charge < -0.3 is 20.3 Å². The van der Waals surface area contributed by atoms with E-state index < -0.39 is 6.04 Å². The Labute approximate surface area is 134 Å². The Bertz CT molecular complexity index is 572. The molecule has 1 aromatic rings. The van der Waals surface area contributed by atoms with Gasteiger partial charge in [-0.1, -0.05) is 0 Å². The molecule has 0 spiro atoms. The van der Waals surface area contributed by atoms with Crippen LogP contribution >= 0.6 is 0 Å². The summed E-state index contributed by atoms with van der Waals surface area (Å²) in [5.74, 6) is -0.521. The third-order valence-electron chi connectivity index (χ3n) is 4.16. The highest BCUT2D eigenvalue weighted by Gasteiger charge is 2.33. The molecule has 2 fully saturated rings. The number of rotatable bonds is 4. The van der Waals surface area contributed by atoms with Crippen LogP contribution in [0.2, 0.25) is 0 Å². The molecule has 2 saturated heterocycles. The smallest absolute Gasteiger partial charge is 0.315 e.